The summed E-state index contributed by atoms with van der Waals surface area (Å²) in [6, 6.07) is 8.76. The molecule has 0 saturated heterocycles. The molecule has 0 aliphatic rings. The van der Waals surface area contributed by atoms with Crippen molar-refractivity contribution in [3.63, 3.8) is 0 Å². The Hall–Kier alpha value is -1.81. The number of aromatic nitrogens is 2. The molecule has 1 aromatic heterocycles. The van der Waals surface area contributed by atoms with Gasteiger partial charge in [-0.2, -0.15) is 0 Å². The van der Waals surface area contributed by atoms with Gasteiger partial charge in [0, 0.05) is 31.7 Å². The first kappa shape index (κ1) is 13.6. The summed E-state index contributed by atoms with van der Waals surface area (Å²) in [6.45, 7) is 3.09. The maximum Gasteiger partial charge on any atom is 0.130 e. The van der Waals surface area contributed by atoms with Crippen LogP contribution in [0.15, 0.2) is 36.7 Å². The van der Waals surface area contributed by atoms with Crippen LogP contribution in [0.4, 0.5) is 5.69 Å². The third-order valence-electron chi connectivity index (χ3n) is 3.08. The number of anilines is 1. The molecule has 2 aromatic rings. The highest BCUT2D eigenvalue weighted by molar-refractivity contribution is 5.45. The Kier molecular flexibility index (Phi) is 4.22. The number of imidazole rings is 1. The van der Waals surface area contributed by atoms with Crippen molar-refractivity contribution in [2.24, 2.45) is 7.05 Å². The summed E-state index contributed by atoms with van der Waals surface area (Å²) < 4.78 is 2.04. The van der Waals surface area contributed by atoms with E-state index in [0.717, 1.165) is 18.1 Å². The second kappa shape index (κ2) is 5.89. The molecule has 1 unspecified atom stereocenters. The molecule has 1 atom stereocenters. The fraction of sp³-hybridized carbons (Fsp3) is 0.400. The van der Waals surface area contributed by atoms with Crippen molar-refractivity contribution in [1.82, 2.24) is 14.5 Å². The van der Waals surface area contributed by atoms with Gasteiger partial charge in [-0.15, -0.1) is 0 Å². The molecule has 1 aromatic carbocycles. The first-order valence-electron chi connectivity index (χ1n) is 6.53. The van der Waals surface area contributed by atoms with Gasteiger partial charge in [0.25, 0.3) is 0 Å². The van der Waals surface area contributed by atoms with E-state index in [1.54, 1.807) is 0 Å². The van der Waals surface area contributed by atoms with Crippen LogP contribution >= 0.6 is 0 Å². The average molecular weight is 258 g/mol. The molecule has 4 heteroatoms. The Bertz CT molecular complexity index is 513. The summed E-state index contributed by atoms with van der Waals surface area (Å²) in [5.41, 5.74) is 2.44. The standard InChI is InChI=1S/C15H22N4/c1-12(15-16-9-10-19(15)4)17-14-7-5-13(6-8-14)11-18(2)3/h5-10,12,17H,11H2,1-4H3. The van der Waals surface area contributed by atoms with Crippen LogP contribution in [0.1, 0.15) is 24.4 Å². The number of rotatable bonds is 5. The predicted octanol–water partition coefficient (Wildman–Crippen LogP) is 2.65. The number of hydrogen-bond acceptors (Lipinski definition) is 3. The summed E-state index contributed by atoms with van der Waals surface area (Å²) in [4.78, 5) is 6.53. The lowest BCUT2D eigenvalue weighted by Gasteiger charge is -2.16. The Morgan fingerprint density at radius 2 is 1.95 bits per heavy atom. The van der Waals surface area contributed by atoms with Crippen molar-refractivity contribution in [1.29, 1.82) is 0 Å². The minimum Gasteiger partial charge on any atom is -0.375 e. The number of aryl methyl sites for hydroxylation is 1. The maximum absolute atomic E-state index is 4.36. The zero-order chi connectivity index (χ0) is 13.8. The molecule has 0 aliphatic carbocycles. The molecule has 0 amide bonds. The van der Waals surface area contributed by atoms with Crippen molar-refractivity contribution in [2.45, 2.75) is 19.5 Å². The highest BCUT2D eigenvalue weighted by atomic mass is 15.1. The SMILES string of the molecule is CC(Nc1ccc(CN(C)C)cc1)c1nccn1C. The first-order valence-corrected chi connectivity index (χ1v) is 6.53. The Labute approximate surface area is 115 Å². The summed E-state index contributed by atoms with van der Waals surface area (Å²) in [5, 5.41) is 3.47. The molecule has 19 heavy (non-hydrogen) atoms. The smallest absolute Gasteiger partial charge is 0.130 e. The molecule has 0 aliphatic heterocycles. The lowest BCUT2D eigenvalue weighted by atomic mass is 10.2. The van der Waals surface area contributed by atoms with Crippen LogP contribution in [0, 0.1) is 0 Å². The normalized spacial score (nSPS) is 12.7. The van der Waals surface area contributed by atoms with E-state index in [9.17, 15) is 0 Å². The van der Waals surface area contributed by atoms with Crippen LogP contribution in [-0.4, -0.2) is 28.5 Å². The molecule has 1 N–H and O–H groups in total. The van der Waals surface area contributed by atoms with Gasteiger partial charge in [-0.3, -0.25) is 0 Å². The molecule has 2 rings (SSSR count). The molecule has 0 radical (unpaired) electrons. The monoisotopic (exact) mass is 258 g/mol. The number of nitrogens with one attached hydrogen (secondary N) is 1. The number of nitrogens with zero attached hydrogens (tertiary/aromatic N) is 3. The summed E-state index contributed by atoms with van der Waals surface area (Å²) in [5.74, 6) is 1.04. The highest BCUT2D eigenvalue weighted by Crippen LogP contribution is 2.18. The van der Waals surface area contributed by atoms with Gasteiger partial charge in [-0.1, -0.05) is 12.1 Å². The number of hydrogen-bond donors (Lipinski definition) is 1. The Morgan fingerprint density at radius 1 is 1.26 bits per heavy atom. The lowest BCUT2D eigenvalue weighted by Crippen LogP contribution is -2.12. The van der Waals surface area contributed by atoms with E-state index in [4.69, 9.17) is 0 Å². The van der Waals surface area contributed by atoms with Crippen LogP contribution in [0.5, 0.6) is 0 Å². The van der Waals surface area contributed by atoms with E-state index in [-0.39, 0.29) is 6.04 Å². The van der Waals surface area contributed by atoms with Crippen molar-refractivity contribution in [2.75, 3.05) is 19.4 Å². The van der Waals surface area contributed by atoms with Crippen molar-refractivity contribution < 1.29 is 0 Å². The number of benzene rings is 1. The minimum absolute atomic E-state index is 0.194. The van der Waals surface area contributed by atoms with E-state index in [1.165, 1.54) is 5.56 Å². The van der Waals surface area contributed by atoms with Gasteiger partial charge in [-0.25, -0.2) is 4.98 Å². The van der Waals surface area contributed by atoms with Gasteiger partial charge in [0.1, 0.15) is 5.82 Å². The van der Waals surface area contributed by atoms with E-state index in [1.807, 2.05) is 24.0 Å². The van der Waals surface area contributed by atoms with Gasteiger partial charge in [-0.05, 0) is 38.7 Å². The van der Waals surface area contributed by atoms with Crippen molar-refractivity contribution in [3.05, 3.63) is 48.0 Å². The first-order chi connectivity index (χ1) is 9.06. The molecule has 0 saturated carbocycles. The molecule has 0 bridgehead atoms. The summed E-state index contributed by atoms with van der Waals surface area (Å²) in [6.07, 6.45) is 3.79. The molecule has 102 valence electrons. The predicted molar refractivity (Wildman–Crippen MR) is 79.1 cm³/mol. The zero-order valence-corrected chi connectivity index (χ0v) is 12.1. The lowest BCUT2D eigenvalue weighted by molar-refractivity contribution is 0.402. The highest BCUT2D eigenvalue weighted by Gasteiger charge is 2.09. The molecule has 0 spiro atoms. The maximum atomic E-state index is 4.36. The van der Waals surface area contributed by atoms with E-state index in [0.29, 0.717) is 0 Å². The molecular weight excluding hydrogens is 236 g/mol. The largest absolute Gasteiger partial charge is 0.375 e. The fourth-order valence-electron chi connectivity index (χ4n) is 2.18. The van der Waals surface area contributed by atoms with Gasteiger partial charge >= 0.3 is 0 Å². The topological polar surface area (TPSA) is 33.1 Å². The van der Waals surface area contributed by atoms with E-state index >= 15 is 0 Å². The van der Waals surface area contributed by atoms with Gasteiger partial charge in [0.2, 0.25) is 0 Å². The molecular formula is C15H22N4. The average Bonchev–Trinajstić information content (AvgIpc) is 2.77. The molecule has 4 nitrogen and oxygen atoms in total. The van der Waals surface area contributed by atoms with Crippen LogP contribution in [0.3, 0.4) is 0 Å². The second-order valence-electron chi connectivity index (χ2n) is 5.20. The third-order valence-corrected chi connectivity index (χ3v) is 3.08. The minimum atomic E-state index is 0.194. The van der Waals surface area contributed by atoms with Crippen LogP contribution in [-0.2, 0) is 13.6 Å². The van der Waals surface area contributed by atoms with E-state index < -0.39 is 0 Å². The third kappa shape index (κ3) is 3.58. The van der Waals surface area contributed by atoms with Gasteiger partial charge in [0.15, 0.2) is 0 Å². The quantitative estimate of drug-likeness (QED) is 0.895. The Morgan fingerprint density at radius 3 is 2.47 bits per heavy atom. The summed E-state index contributed by atoms with van der Waals surface area (Å²) >= 11 is 0. The van der Waals surface area contributed by atoms with Crippen LogP contribution < -0.4 is 5.32 Å². The zero-order valence-electron chi connectivity index (χ0n) is 12.1. The molecule has 0 fully saturated rings. The van der Waals surface area contributed by atoms with Crippen molar-refractivity contribution >= 4 is 5.69 Å². The van der Waals surface area contributed by atoms with E-state index in [2.05, 4.69) is 60.5 Å². The van der Waals surface area contributed by atoms with Gasteiger partial charge in [0.05, 0.1) is 6.04 Å². The van der Waals surface area contributed by atoms with Crippen LogP contribution in [0.25, 0.3) is 0 Å². The van der Waals surface area contributed by atoms with Gasteiger partial charge < -0.3 is 14.8 Å². The van der Waals surface area contributed by atoms with Crippen molar-refractivity contribution in [3.8, 4) is 0 Å². The fourth-order valence-corrected chi connectivity index (χ4v) is 2.18. The molecule has 1 heterocycles. The Balaban J connectivity index is 2.01. The second-order valence-corrected chi connectivity index (χ2v) is 5.20. The summed E-state index contributed by atoms with van der Waals surface area (Å²) in [7, 11) is 6.17. The van der Waals surface area contributed by atoms with Crippen LogP contribution in [0.2, 0.25) is 0 Å².